The van der Waals surface area contributed by atoms with Crippen LogP contribution >= 0.6 is 7.60 Å². The molecule has 1 heterocycles. The first kappa shape index (κ1) is 23.3. The van der Waals surface area contributed by atoms with Gasteiger partial charge in [-0.15, -0.1) is 0 Å². The van der Waals surface area contributed by atoms with E-state index in [-0.39, 0.29) is 0 Å². The number of nitrogens with one attached hydrogen (secondary N) is 3. The Morgan fingerprint density at radius 2 is 2.04 bits per heavy atom. The van der Waals surface area contributed by atoms with E-state index in [4.69, 9.17) is 25.5 Å². The van der Waals surface area contributed by atoms with Crippen LogP contribution in [0.25, 0.3) is 0 Å². The summed E-state index contributed by atoms with van der Waals surface area (Å²) in [7, 11) is -4.46. The van der Waals surface area contributed by atoms with Gasteiger partial charge in [-0.3, -0.25) is 14.8 Å². The SMILES string of the molecule is CC(=O)N[C@H]1[C@H]([C@H](O)[C@H](O)CO)OC(P(=O)(O)OC(C)C)=C[C@@H]1NC(=N)N. The Bertz CT molecular complexity index is 628. The number of carbonyl (C=O) groups excluding carboxylic acids is 1. The Kier molecular flexibility index (Phi) is 8.21. The van der Waals surface area contributed by atoms with Crippen molar-refractivity contribution in [2.45, 2.75) is 57.3 Å². The average molecular weight is 410 g/mol. The third-order valence-corrected chi connectivity index (χ3v) is 5.08. The smallest absolute Gasteiger partial charge is 0.393 e. The highest BCUT2D eigenvalue weighted by Crippen LogP contribution is 2.54. The molecule has 1 amide bonds. The summed E-state index contributed by atoms with van der Waals surface area (Å²) in [5.74, 6) is -1.04. The van der Waals surface area contributed by atoms with Gasteiger partial charge in [-0.1, -0.05) is 0 Å². The Morgan fingerprint density at radius 3 is 2.48 bits per heavy atom. The van der Waals surface area contributed by atoms with Crippen LogP contribution in [0.2, 0.25) is 0 Å². The van der Waals surface area contributed by atoms with Crippen molar-refractivity contribution in [1.29, 1.82) is 5.41 Å². The van der Waals surface area contributed by atoms with E-state index in [1.807, 2.05) is 0 Å². The maximum absolute atomic E-state index is 12.5. The van der Waals surface area contributed by atoms with Gasteiger partial charge in [-0.05, 0) is 19.9 Å². The molecule has 6 atom stereocenters. The highest BCUT2D eigenvalue weighted by atomic mass is 31.2. The first-order valence-electron chi connectivity index (χ1n) is 8.14. The van der Waals surface area contributed by atoms with E-state index in [1.165, 1.54) is 20.8 Å². The van der Waals surface area contributed by atoms with Crippen LogP contribution in [-0.4, -0.2) is 75.2 Å². The number of rotatable bonds is 8. The average Bonchev–Trinajstić information content (AvgIpc) is 2.52. The summed E-state index contributed by atoms with van der Waals surface area (Å²) < 4.78 is 22.9. The number of guanidine groups is 1. The van der Waals surface area contributed by atoms with E-state index < -0.39 is 68.1 Å². The molecule has 12 nitrogen and oxygen atoms in total. The van der Waals surface area contributed by atoms with Crippen molar-refractivity contribution in [3.8, 4) is 0 Å². The molecule has 0 bridgehead atoms. The molecule has 1 unspecified atom stereocenters. The molecule has 0 aliphatic carbocycles. The predicted octanol–water partition coefficient (Wildman–Crippen LogP) is -2.09. The summed E-state index contributed by atoms with van der Waals surface area (Å²) in [4.78, 5) is 21.7. The van der Waals surface area contributed by atoms with Gasteiger partial charge in [0.05, 0.1) is 24.8 Å². The van der Waals surface area contributed by atoms with Gasteiger partial charge in [-0.2, -0.15) is 0 Å². The van der Waals surface area contributed by atoms with Gasteiger partial charge in [0, 0.05) is 6.92 Å². The van der Waals surface area contributed by atoms with E-state index in [9.17, 15) is 24.5 Å². The fourth-order valence-corrected chi connectivity index (χ4v) is 3.82. The lowest BCUT2D eigenvalue weighted by molar-refractivity contribution is -0.126. The number of amides is 1. The lowest BCUT2D eigenvalue weighted by atomic mass is 9.93. The predicted molar refractivity (Wildman–Crippen MR) is 94.5 cm³/mol. The Morgan fingerprint density at radius 1 is 1.44 bits per heavy atom. The second-order valence-electron chi connectivity index (χ2n) is 6.31. The summed E-state index contributed by atoms with van der Waals surface area (Å²) in [5, 5.41) is 41.5. The first-order chi connectivity index (χ1) is 12.4. The standard InChI is InChI=1S/C14H27N4O8P/c1-6(2)26-27(23,24)10-4-8(18-14(15)16)11(17-7(3)20)13(25-10)12(22)9(21)5-19/h4,6,8-9,11-13,19,21-22H,5H2,1-3H3,(H,17,20)(H,23,24)(H4,15,16,18)/t8-,9+,11+,12+,13+/m0/s1. The molecule has 1 aliphatic rings. The normalized spacial score (nSPS) is 27.0. The zero-order valence-electron chi connectivity index (χ0n) is 15.2. The van der Waals surface area contributed by atoms with Gasteiger partial charge >= 0.3 is 7.60 Å². The highest BCUT2D eigenvalue weighted by Gasteiger charge is 2.46. The van der Waals surface area contributed by atoms with Crippen molar-refractivity contribution in [3.63, 3.8) is 0 Å². The topological polar surface area (TPSA) is 207 Å². The van der Waals surface area contributed by atoms with Crippen LogP contribution in [0.3, 0.4) is 0 Å². The number of aliphatic hydroxyl groups excluding tert-OH is 3. The van der Waals surface area contributed by atoms with E-state index in [1.54, 1.807) is 0 Å². The first-order valence-corrected chi connectivity index (χ1v) is 9.71. The molecule has 9 N–H and O–H groups in total. The molecule has 0 aromatic heterocycles. The molecule has 1 rings (SSSR count). The van der Waals surface area contributed by atoms with Crippen LogP contribution in [0.1, 0.15) is 20.8 Å². The van der Waals surface area contributed by atoms with Gasteiger partial charge < -0.3 is 45.8 Å². The number of carbonyl (C=O) groups is 1. The zero-order chi connectivity index (χ0) is 20.9. The number of nitrogens with two attached hydrogens (primary N) is 1. The Labute approximate surface area is 156 Å². The molecule has 27 heavy (non-hydrogen) atoms. The largest absolute Gasteiger partial charge is 0.478 e. The number of hydrogen-bond donors (Lipinski definition) is 8. The fourth-order valence-electron chi connectivity index (χ4n) is 2.54. The monoisotopic (exact) mass is 410 g/mol. The molecule has 156 valence electrons. The van der Waals surface area contributed by atoms with Gasteiger partial charge in [-0.25, -0.2) is 0 Å². The molecule has 0 aromatic rings. The minimum absolute atomic E-state index is 0.513. The lowest BCUT2D eigenvalue weighted by Crippen LogP contribution is -2.63. The van der Waals surface area contributed by atoms with Gasteiger partial charge in [0.1, 0.15) is 18.3 Å². The summed E-state index contributed by atoms with van der Waals surface area (Å²) in [5.41, 5.74) is 4.78. The van der Waals surface area contributed by atoms with Crippen LogP contribution in [-0.2, 0) is 18.6 Å². The molecule has 0 fully saturated rings. The van der Waals surface area contributed by atoms with Gasteiger partial charge in [0.25, 0.3) is 0 Å². The van der Waals surface area contributed by atoms with Crippen LogP contribution in [0.5, 0.6) is 0 Å². The van der Waals surface area contributed by atoms with Crippen molar-refractivity contribution in [2.24, 2.45) is 5.73 Å². The summed E-state index contributed by atoms with van der Waals surface area (Å²) in [6.07, 6.45) is -4.38. The molecule has 0 saturated carbocycles. The van der Waals surface area contributed by atoms with Crippen LogP contribution in [0.4, 0.5) is 0 Å². The van der Waals surface area contributed by atoms with E-state index >= 15 is 0 Å². The van der Waals surface area contributed by atoms with Crippen molar-refractivity contribution < 1.29 is 38.8 Å². The summed E-state index contributed by atoms with van der Waals surface area (Å²) >= 11 is 0. The van der Waals surface area contributed by atoms with E-state index in [0.717, 1.165) is 6.08 Å². The second kappa shape index (κ2) is 9.49. The van der Waals surface area contributed by atoms with E-state index in [0.29, 0.717) is 0 Å². The maximum atomic E-state index is 12.5. The number of aliphatic hydroxyl groups is 3. The van der Waals surface area contributed by atoms with Crippen LogP contribution < -0.4 is 16.4 Å². The van der Waals surface area contributed by atoms with Crippen molar-refractivity contribution in [2.75, 3.05) is 6.61 Å². The summed E-state index contributed by atoms with van der Waals surface area (Å²) in [6.45, 7) is 3.42. The van der Waals surface area contributed by atoms with Crippen LogP contribution in [0, 0.1) is 5.41 Å². The van der Waals surface area contributed by atoms with Crippen molar-refractivity contribution in [1.82, 2.24) is 10.6 Å². The molecule has 0 radical (unpaired) electrons. The maximum Gasteiger partial charge on any atom is 0.393 e. The highest BCUT2D eigenvalue weighted by molar-refractivity contribution is 7.57. The molecule has 0 saturated heterocycles. The molecular formula is C14H27N4O8P. The van der Waals surface area contributed by atoms with Gasteiger partial charge in [0.15, 0.2) is 5.96 Å². The minimum atomic E-state index is -4.46. The second-order valence-corrected chi connectivity index (χ2v) is 8.00. The molecule has 0 aromatic carbocycles. The van der Waals surface area contributed by atoms with Gasteiger partial charge in [0.2, 0.25) is 11.4 Å². The number of hydrogen-bond acceptors (Lipinski definition) is 8. The Hall–Kier alpha value is -1.69. The lowest BCUT2D eigenvalue weighted by Gasteiger charge is -2.41. The van der Waals surface area contributed by atoms with Crippen molar-refractivity contribution in [3.05, 3.63) is 11.6 Å². The molecule has 1 aliphatic heterocycles. The van der Waals surface area contributed by atoms with Crippen LogP contribution in [0.15, 0.2) is 11.6 Å². The molecule has 0 spiro atoms. The Balaban J connectivity index is 3.38. The van der Waals surface area contributed by atoms with Crippen molar-refractivity contribution >= 4 is 19.5 Å². The fraction of sp³-hybridized carbons (Fsp3) is 0.714. The quantitative estimate of drug-likeness (QED) is 0.124. The van der Waals surface area contributed by atoms with E-state index in [2.05, 4.69) is 10.6 Å². The summed E-state index contributed by atoms with van der Waals surface area (Å²) in [6, 6.07) is -2.14. The third-order valence-electron chi connectivity index (χ3n) is 3.56. The molecular weight excluding hydrogens is 383 g/mol. The zero-order valence-corrected chi connectivity index (χ0v) is 16.1. The minimum Gasteiger partial charge on any atom is -0.478 e. The third kappa shape index (κ3) is 6.45. The number of ether oxygens (including phenoxy) is 1. The molecule has 13 heteroatoms.